The lowest BCUT2D eigenvalue weighted by Gasteiger charge is -2.26. The molecule has 0 saturated carbocycles. The third kappa shape index (κ3) is 3.02. The molecule has 1 aliphatic rings. The number of rotatable bonds is 4. The summed E-state index contributed by atoms with van der Waals surface area (Å²) in [6.45, 7) is 0.392. The first kappa shape index (κ1) is 18.4. The van der Waals surface area contributed by atoms with Crippen molar-refractivity contribution in [3.63, 3.8) is 0 Å². The first-order valence-electron chi connectivity index (χ1n) is 9.45. The Balaban J connectivity index is 1.67. The highest BCUT2D eigenvalue weighted by atomic mass is 35.5. The molecule has 2 aromatic carbocycles. The fraction of sp³-hybridized carbons (Fsp3) is 0.0870. The van der Waals surface area contributed by atoms with Gasteiger partial charge in [-0.1, -0.05) is 41.9 Å². The van der Waals surface area contributed by atoms with E-state index < -0.39 is 0 Å². The van der Waals surface area contributed by atoms with Crippen molar-refractivity contribution in [3.05, 3.63) is 100 Å². The Morgan fingerprint density at radius 2 is 1.87 bits per heavy atom. The third-order valence-electron chi connectivity index (χ3n) is 5.28. The molecule has 0 aliphatic carbocycles. The average Bonchev–Trinajstić information content (AvgIpc) is 3.30. The zero-order valence-corrected chi connectivity index (χ0v) is 16.5. The number of aromatic amines is 1. The Morgan fingerprint density at radius 1 is 1.07 bits per heavy atom. The standard InChI is InChI=1S/C23H17ClN4O2/c24-16-9-7-15(8-10-16)22-19-20(17-5-1-2-6-18(17)29)26-27-21(19)23(30)28(22)13-14-4-3-11-25-12-14/h1-12,22,29H,13H2,(H,26,27)/t22-/m1/s1. The van der Waals surface area contributed by atoms with E-state index in [1.54, 1.807) is 47.6 Å². The van der Waals surface area contributed by atoms with Gasteiger partial charge in [-0.2, -0.15) is 5.10 Å². The fourth-order valence-corrected chi connectivity index (χ4v) is 4.04. The molecular formula is C23H17ClN4O2. The van der Waals surface area contributed by atoms with Gasteiger partial charge in [0.2, 0.25) is 0 Å². The van der Waals surface area contributed by atoms with Crippen molar-refractivity contribution in [1.82, 2.24) is 20.1 Å². The summed E-state index contributed by atoms with van der Waals surface area (Å²) in [7, 11) is 0. The van der Waals surface area contributed by atoms with Crippen LogP contribution in [0, 0.1) is 0 Å². The van der Waals surface area contributed by atoms with Gasteiger partial charge in [0, 0.05) is 35.1 Å². The molecule has 4 aromatic rings. The number of nitrogens with zero attached hydrogens (tertiary/aromatic N) is 3. The number of aromatic nitrogens is 3. The molecule has 0 spiro atoms. The summed E-state index contributed by atoms with van der Waals surface area (Å²) in [6, 6.07) is 17.8. The van der Waals surface area contributed by atoms with Gasteiger partial charge in [-0.25, -0.2) is 0 Å². The number of hydrogen-bond acceptors (Lipinski definition) is 4. The van der Waals surface area contributed by atoms with Gasteiger partial charge in [0.1, 0.15) is 17.1 Å². The monoisotopic (exact) mass is 416 g/mol. The number of halogens is 1. The van der Waals surface area contributed by atoms with Gasteiger partial charge in [0.05, 0.1) is 6.04 Å². The van der Waals surface area contributed by atoms with E-state index in [0.717, 1.165) is 16.7 Å². The molecule has 7 heteroatoms. The van der Waals surface area contributed by atoms with Gasteiger partial charge in [0.25, 0.3) is 5.91 Å². The molecule has 2 aromatic heterocycles. The predicted octanol–water partition coefficient (Wildman–Crippen LogP) is 4.58. The van der Waals surface area contributed by atoms with Crippen LogP contribution in [0.25, 0.3) is 11.3 Å². The Morgan fingerprint density at radius 3 is 2.60 bits per heavy atom. The second-order valence-electron chi connectivity index (χ2n) is 7.13. The van der Waals surface area contributed by atoms with Gasteiger partial charge in [0.15, 0.2) is 0 Å². The van der Waals surface area contributed by atoms with Crippen LogP contribution >= 0.6 is 11.6 Å². The molecule has 1 amide bonds. The van der Waals surface area contributed by atoms with E-state index in [9.17, 15) is 9.90 Å². The molecule has 148 valence electrons. The van der Waals surface area contributed by atoms with Crippen molar-refractivity contribution in [3.8, 4) is 17.0 Å². The number of fused-ring (bicyclic) bond motifs is 1. The van der Waals surface area contributed by atoms with E-state index in [1.165, 1.54) is 0 Å². The first-order chi connectivity index (χ1) is 14.6. The van der Waals surface area contributed by atoms with E-state index >= 15 is 0 Å². The Bertz CT molecular complexity index is 1220. The van der Waals surface area contributed by atoms with Crippen molar-refractivity contribution in [2.24, 2.45) is 0 Å². The van der Waals surface area contributed by atoms with Crippen LogP contribution in [0.5, 0.6) is 5.75 Å². The molecule has 6 nitrogen and oxygen atoms in total. The van der Waals surface area contributed by atoms with Crippen molar-refractivity contribution in [2.75, 3.05) is 0 Å². The zero-order valence-electron chi connectivity index (χ0n) is 15.8. The Hall–Kier alpha value is -3.64. The molecule has 5 rings (SSSR count). The molecule has 30 heavy (non-hydrogen) atoms. The Labute approximate surface area is 177 Å². The number of phenols is 1. The number of benzene rings is 2. The van der Waals surface area contributed by atoms with Crippen LogP contribution in [0.15, 0.2) is 73.1 Å². The topological polar surface area (TPSA) is 82.1 Å². The number of carbonyl (C=O) groups excluding carboxylic acids is 1. The molecule has 1 aliphatic heterocycles. The highest BCUT2D eigenvalue weighted by molar-refractivity contribution is 6.30. The van der Waals surface area contributed by atoms with Crippen LogP contribution in [0.3, 0.4) is 0 Å². The van der Waals surface area contributed by atoms with Gasteiger partial charge >= 0.3 is 0 Å². The molecule has 0 radical (unpaired) electrons. The van der Waals surface area contributed by atoms with E-state index in [0.29, 0.717) is 28.5 Å². The summed E-state index contributed by atoms with van der Waals surface area (Å²) in [5.74, 6) is -0.0391. The molecule has 3 heterocycles. The summed E-state index contributed by atoms with van der Waals surface area (Å²) in [5.41, 5.74) is 4.14. The van der Waals surface area contributed by atoms with E-state index in [1.807, 2.05) is 30.3 Å². The van der Waals surface area contributed by atoms with Crippen molar-refractivity contribution >= 4 is 17.5 Å². The SMILES string of the molecule is O=C1c2[nH]nc(-c3ccccc3O)c2[C@@H](c2ccc(Cl)cc2)N1Cc1cccnc1. The minimum atomic E-state index is -0.377. The van der Waals surface area contributed by atoms with Gasteiger partial charge in [-0.05, 0) is 41.5 Å². The van der Waals surface area contributed by atoms with Gasteiger partial charge in [-0.3, -0.25) is 14.9 Å². The van der Waals surface area contributed by atoms with E-state index in [-0.39, 0.29) is 17.7 Å². The minimum absolute atomic E-state index is 0.111. The molecule has 2 N–H and O–H groups in total. The number of para-hydroxylation sites is 1. The van der Waals surface area contributed by atoms with Crippen LogP contribution in [0.2, 0.25) is 5.02 Å². The smallest absolute Gasteiger partial charge is 0.273 e. The van der Waals surface area contributed by atoms with E-state index in [4.69, 9.17) is 11.6 Å². The summed E-state index contributed by atoms with van der Waals surface area (Å²) in [4.78, 5) is 19.3. The zero-order chi connectivity index (χ0) is 20.7. The lowest BCUT2D eigenvalue weighted by atomic mass is 9.95. The lowest BCUT2D eigenvalue weighted by Crippen LogP contribution is -2.29. The number of hydrogen-bond donors (Lipinski definition) is 2. The summed E-state index contributed by atoms with van der Waals surface area (Å²) >= 11 is 6.10. The maximum atomic E-state index is 13.3. The van der Waals surface area contributed by atoms with Crippen LogP contribution in [-0.2, 0) is 6.54 Å². The third-order valence-corrected chi connectivity index (χ3v) is 5.54. The summed E-state index contributed by atoms with van der Waals surface area (Å²) in [6.07, 6.45) is 3.45. The number of pyridine rings is 1. The van der Waals surface area contributed by atoms with Crippen molar-refractivity contribution in [1.29, 1.82) is 0 Å². The highest BCUT2D eigenvalue weighted by Gasteiger charge is 2.42. The maximum absolute atomic E-state index is 13.3. The normalized spacial score (nSPS) is 15.4. The second kappa shape index (κ2) is 7.31. The lowest BCUT2D eigenvalue weighted by molar-refractivity contribution is 0.0730. The summed E-state index contributed by atoms with van der Waals surface area (Å²) in [5, 5.41) is 18.3. The number of aromatic hydroxyl groups is 1. The summed E-state index contributed by atoms with van der Waals surface area (Å²) < 4.78 is 0. The highest BCUT2D eigenvalue weighted by Crippen LogP contribution is 2.45. The predicted molar refractivity (Wildman–Crippen MR) is 113 cm³/mol. The van der Waals surface area contributed by atoms with Gasteiger partial charge < -0.3 is 10.0 Å². The van der Waals surface area contributed by atoms with Gasteiger partial charge in [-0.15, -0.1) is 0 Å². The largest absolute Gasteiger partial charge is 0.507 e. The number of nitrogens with one attached hydrogen (secondary N) is 1. The maximum Gasteiger partial charge on any atom is 0.273 e. The Kier molecular flexibility index (Phi) is 4.48. The number of amides is 1. The van der Waals surface area contributed by atoms with Crippen molar-refractivity contribution in [2.45, 2.75) is 12.6 Å². The molecule has 0 fully saturated rings. The second-order valence-corrected chi connectivity index (χ2v) is 7.56. The quantitative estimate of drug-likeness (QED) is 0.510. The van der Waals surface area contributed by atoms with Crippen LogP contribution < -0.4 is 0 Å². The van der Waals surface area contributed by atoms with E-state index in [2.05, 4.69) is 15.2 Å². The van der Waals surface area contributed by atoms with Crippen LogP contribution in [-0.4, -0.2) is 31.1 Å². The molecule has 0 saturated heterocycles. The molecular weight excluding hydrogens is 400 g/mol. The van der Waals surface area contributed by atoms with Crippen LogP contribution in [0.1, 0.15) is 33.2 Å². The molecule has 0 bridgehead atoms. The number of carbonyl (C=O) groups is 1. The molecule has 0 unspecified atom stereocenters. The van der Waals surface area contributed by atoms with Crippen LogP contribution in [0.4, 0.5) is 0 Å². The number of H-pyrrole nitrogens is 1. The first-order valence-corrected chi connectivity index (χ1v) is 9.83. The number of phenolic OH excluding ortho intramolecular Hbond substituents is 1. The molecule has 1 atom stereocenters. The average molecular weight is 417 g/mol. The fourth-order valence-electron chi connectivity index (χ4n) is 3.92. The van der Waals surface area contributed by atoms with Crippen molar-refractivity contribution < 1.29 is 9.90 Å². The minimum Gasteiger partial charge on any atom is -0.507 e.